The number of benzene rings is 1. The molecular weight excluding hydrogens is 342 g/mol. The third-order valence-corrected chi connectivity index (χ3v) is 4.09. The summed E-state index contributed by atoms with van der Waals surface area (Å²) in [6.07, 6.45) is 3.02. The second kappa shape index (κ2) is 6.11. The summed E-state index contributed by atoms with van der Waals surface area (Å²) in [5.74, 6) is -0.399. The Bertz CT molecular complexity index is 546. The number of carbonyl (C=O) groups is 1. The predicted molar refractivity (Wildman–Crippen MR) is 79.7 cm³/mol. The van der Waals surface area contributed by atoms with Crippen molar-refractivity contribution < 1.29 is 19.6 Å². The summed E-state index contributed by atoms with van der Waals surface area (Å²) in [5.41, 5.74) is -1.11. The average molecular weight is 358 g/mol. The van der Waals surface area contributed by atoms with Gasteiger partial charge in [-0.25, -0.2) is 0 Å². The molecule has 0 spiro atoms. The monoisotopic (exact) mass is 357 g/mol. The fraction of sp³-hybridized carbons (Fsp3) is 0.500. The van der Waals surface area contributed by atoms with Crippen LogP contribution in [0.2, 0.25) is 0 Å². The van der Waals surface area contributed by atoms with Crippen molar-refractivity contribution in [3.8, 4) is 5.75 Å². The molecule has 0 unspecified atom stereocenters. The molecule has 1 saturated carbocycles. The van der Waals surface area contributed by atoms with Crippen LogP contribution in [0.4, 0.5) is 5.69 Å². The Morgan fingerprint density at radius 1 is 1.48 bits per heavy atom. The Morgan fingerprint density at radius 2 is 2.10 bits per heavy atom. The molecule has 1 aliphatic rings. The molecule has 0 radical (unpaired) electrons. The quantitative estimate of drug-likeness (QED) is 0.496. The molecule has 0 atom stereocenters. The summed E-state index contributed by atoms with van der Waals surface area (Å²) in [4.78, 5) is 22.2. The van der Waals surface area contributed by atoms with Gasteiger partial charge in [0.2, 0.25) is 5.75 Å². The van der Waals surface area contributed by atoms with Gasteiger partial charge in [0.1, 0.15) is 6.61 Å². The van der Waals surface area contributed by atoms with E-state index in [-0.39, 0.29) is 29.4 Å². The lowest BCUT2D eigenvalue weighted by atomic mass is 10.0. The molecule has 0 bridgehead atoms. The minimum Gasteiger partial charge on any atom is -0.483 e. The maximum Gasteiger partial charge on any atom is 0.312 e. The third kappa shape index (κ3) is 3.59. The Labute approximate surface area is 130 Å². The van der Waals surface area contributed by atoms with Gasteiger partial charge in [0.15, 0.2) is 5.78 Å². The third-order valence-electron chi connectivity index (χ3n) is 3.63. The van der Waals surface area contributed by atoms with Crippen molar-refractivity contribution in [1.29, 1.82) is 0 Å². The number of aliphatic hydroxyl groups is 1. The van der Waals surface area contributed by atoms with Crippen LogP contribution in [0.5, 0.6) is 5.75 Å². The number of hydrogen-bond acceptors (Lipinski definition) is 5. The number of nitro benzene ring substituents is 1. The zero-order valence-corrected chi connectivity index (χ0v) is 13.2. The minimum atomic E-state index is -0.963. The van der Waals surface area contributed by atoms with Crippen LogP contribution >= 0.6 is 15.9 Å². The van der Waals surface area contributed by atoms with Gasteiger partial charge in [-0.1, -0.05) is 28.8 Å². The van der Waals surface area contributed by atoms with Gasteiger partial charge in [0.05, 0.1) is 16.1 Å². The van der Waals surface area contributed by atoms with Crippen LogP contribution in [0.25, 0.3) is 0 Å². The maximum atomic E-state index is 11.7. The SMILES string of the molecule is CC(=O)c1cc(Br)cc([N+](=O)[O-])c1OCC1(O)CCCC1. The fourth-order valence-electron chi connectivity index (χ4n) is 2.51. The van der Waals surface area contributed by atoms with Crippen molar-refractivity contribution in [2.24, 2.45) is 0 Å². The van der Waals surface area contributed by atoms with Gasteiger partial charge in [-0.2, -0.15) is 0 Å². The highest BCUT2D eigenvalue weighted by Crippen LogP contribution is 2.37. The zero-order chi connectivity index (χ0) is 15.6. The van der Waals surface area contributed by atoms with E-state index in [0.717, 1.165) is 12.8 Å². The number of halogens is 1. The highest BCUT2D eigenvalue weighted by molar-refractivity contribution is 9.10. The molecule has 1 fully saturated rings. The first-order chi connectivity index (χ1) is 9.82. The zero-order valence-electron chi connectivity index (χ0n) is 11.6. The topological polar surface area (TPSA) is 89.7 Å². The maximum absolute atomic E-state index is 11.7. The summed E-state index contributed by atoms with van der Waals surface area (Å²) in [6, 6.07) is 2.78. The molecule has 21 heavy (non-hydrogen) atoms. The van der Waals surface area contributed by atoms with Crippen molar-refractivity contribution in [3.05, 3.63) is 32.3 Å². The lowest BCUT2D eigenvalue weighted by Crippen LogP contribution is -2.32. The van der Waals surface area contributed by atoms with Crippen molar-refractivity contribution in [1.82, 2.24) is 0 Å². The number of hydrogen-bond donors (Lipinski definition) is 1. The van der Waals surface area contributed by atoms with Crippen LogP contribution in [0.3, 0.4) is 0 Å². The average Bonchev–Trinajstić information content (AvgIpc) is 2.83. The number of Topliss-reactive ketones (excluding diaryl/α,β-unsaturated/α-hetero) is 1. The smallest absolute Gasteiger partial charge is 0.312 e. The molecule has 0 saturated heterocycles. The van der Waals surface area contributed by atoms with Gasteiger partial charge < -0.3 is 9.84 Å². The number of ether oxygens (including phenoxy) is 1. The van der Waals surface area contributed by atoms with Crippen LogP contribution in [-0.2, 0) is 0 Å². The summed E-state index contributed by atoms with van der Waals surface area (Å²) in [7, 11) is 0. The summed E-state index contributed by atoms with van der Waals surface area (Å²) >= 11 is 3.15. The molecule has 7 heteroatoms. The van der Waals surface area contributed by atoms with E-state index in [1.54, 1.807) is 0 Å². The van der Waals surface area contributed by atoms with Crippen molar-refractivity contribution in [2.75, 3.05) is 6.61 Å². The molecule has 1 aromatic carbocycles. The number of nitro groups is 1. The highest BCUT2D eigenvalue weighted by Gasteiger charge is 2.33. The van der Waals surface area contributed by atoms with E-state index in [1.807, 2.05) is 0 Å². The van der Waals surface area contributed by atoms with Gasteiger partial charge in [-0.15, -0.1) is 0 Å². The van der Waals surface area contributed by atoms with Crippen LogP contribution in [0.1, 0.15) is 43.0 Å². The Hall–Kier alpha value is -1.47. The van der Waals surface area contributed by atoms with Crippen molar-refractivity contribution in [2.45, 2.75) is 38.2 Å². The largest absolute Gasteiger partial charge is 0.483 e. The van der Waals surface area contributed by atoms with E-state index in [4.69, 9.17) is 4.74 Å². The molecule has 1 aromatic rings. The first kappa shape index (κ1) is 15.9. The lowest BCUT2D eigenvalue weighted by molar-refractivity contribution is -0.386. The summed E-state index contributed by atoms with van der Waals surface area (Å²) in [6.45, 7) is 1.28. The Morgan fingerprint density at radius 3 is 2.62 bits per heavy atom. The molecule has 0 aromatic heterocycles. The van der Waals surface area contributed by atoms with Gasteiger partial charge in [-0.05, 0) is 25.8 Å². The standard InChI is InChI=1S/C14H16BrNO5/c1-9(17)11-6-10(15)7-12(16(19)20)13(11)21-8-14(18)4-2-3-5-14/h6-7,18H,2-5,8H2,1H3. The van der Waals surface area contributed by atoms with Crippen LogP contribution < -0.4 is 4.74 Å². The predicted octanol–water partition coefficient (Wildman–Crippen LogP) is 3.24. The molecule has 2 rings (SSSR count). The molecule has 114 valence electrons. The van der Waals surface area contributed by atoms with Crippen LogP contribution in [0.15, 0.2) is 16.6 Å². The first-order valence-corrected chi connectivity index (χ1v) is 7.46. The minimum absolute atomic E-state index is 0.0459. The summed E-state index contributed by atoms with van der Waals surface area (Å²) < 4.78 is 5.94. The molecule has 0 heterocycles. The number of nitrogens with zero attached hydrogens (tertiary/aromatic N) is 1. The molecule has 1 aliphatic carbocycles. The lowest BCUT2D eigenvalue weighted by Gasteiger charge is -2.22. The van der Waals surface area contributed by atoms with Gasteiger partial charge >= 0.3 is 5.69 Å². The van der Waals surface area contributed by atoms with Crippen molar-refractivity contribution in [3.63, 3.8) is 0 Å². The first-order valence-electron chi connectivity index (χ1n) is 6.66. The van der Waals surface area contributed by atoms with E-state index in [2.05, 4.69) is 15.9 Å². The highest BCUT2D eigenvalue weighted by atomic mass is 79.9. The molecule has 0 aliphatic heterocycles. The summed E-state index contributed by atoms with van der Waals surface area (Å²) in [5, 5.41) is 21.4. The van der Waals surface area contributed by atoms with E-state index in [1.165, 1.54) is 19.1 Å². The van der Waals surface area contributed by atoms with Crippen molar-refractivity contribution >= 4 is 27.4 Å². The van der Waals surface area contributed by atoms with E-state index in [9.17, 15) is 20.0 Å². The second-order valence-electron chi connectivity index (χ2n) is 5.34. The van der Waals surface area contributed by atoms with E-state index < -0.39 is 10.5 Å². The fourth-order valence-corrected chi connectivity index (χ4v) is 2.96. The Balaban J connectivity index is 2.35. The Kier molecular flexibility index (Phi) is 4.63. The van der Waals surface area contributed by atoms with Gasteiger partial charge in [0.25, 0.3) is 0 Å². The molecule has 0 amide bonds. The van der Waals surface area contributed by atoms with Crippen LogP contribution in [0, 0.1) is 10.1 Å². The molecule has 6 nitrogen and oxygen atoms in total. The normalized spacial score (nSPS) is 16.7. The number of ketones is 1. The van der Waals surface area contributed by atoms with Crippen LogP contribution in [-0.4, -0.2) is 28.0 Å². The van der Waals surface area contributed by atoms with E-state index in [0.29, 0.717) is 17.3 Å². The molecule has 1 N–H and O–H groups in total. The van der Waals surface area contributed by atoms with Gasteiger partial charge in [0, 0.05) is 10.5 Å². The van der Waals surface area contributed by atoms with Gasteiger partial charge in [-0.3, -0.25) is 14.9 Å². The second-order valence-corrected chi connectivity index (χ2v) is 6.25. The number of rotatable bonds is 5. The molecular formula is C14H16BrNO5. The van der Waals surface area contributed by atoms with E-state index >= 15 is 0 Å². The number of carbonyl (C=O) groups excluding carboxylic acids is 1.